The third-order valence-corrected chi connectivity index (χ3v) is 5.97. The molecule has 0 spiro atoms. The summed E-state index contributed by atoms with van der Waals surface area (Å²) in [5.74, 6) is 1.36. The van der Waals surface area contributed by atoms with E-state index >= 15 is 0 Å². The van der Waals surface area contributed by atoms with Crippen molar-refractivity contribution in [1.29, 1.82) is 0 Å². The predicted molar refractivity (Wildman–Crippen MR) is 118 cm³/mol. The van der Waals surface area contributed by atoms with Gasteiger partial charge in [0.1, 0.15) is 5.82 Å². The highest BCUT2D eigenvalue weighted by Gasteiger charge is 2.26. The molecule has 0 amide bonds. The van der Waals surface area contributed by atoms with Crippen molar-refractivity contribution in [3.8, 4) is 28.4 Å². The minimum atomic E-state index is -0.329. The molecule has 1 fully saturated rings. The molecule has 0 bridgehead atoms. The molecular formula is C25H28FN3O2. The predicted octanol–water partition coefficient (Wildman–Crippen LogP) is 5.12. The van der Waals surface area contributed by atoms with Crippen LogP contribution < -0.4 is 4.74 Å². The summed E-state index contributed by atoms with van der Waals surface area (Å²) in [4.78, 5) is 9.58. The monoisotopic (exact) mass is 421 g/mol. The number of pyridine rings is 1. The maximum absolute atomic E-state index is 14.4. The number of imidazole rings is 1. The van der Waals surface area contributed by atoms with Crippen LogP contribution >= 0.6 is 0 Å². The van der Waals surface area contributed by atoms with Gasteiger partial charge in [-0.1, -0.05) is 0 Å². The smallest absolute Gasteiger partial charge is 0.165 e. The van der Waals surface area contributed by atoms with Crippen LogP contribution in [0.5, 0.6) is 5.75 Å². The molecule has 2 aliphatic rings. The fraction of sp³-hybridized carbons (Fsp3) is 0.440. The lowest BCUT2D eigenvalue weighted by Gasteiger charge is -2.14. The zero-order chi connectivity index (χ0) is 21.5. The third kappa shape index (κ3) is 4.22. The van der Waals surface area contributed by atoms with E-state index in [0.29, 0.717) is 31.4 Å². The molecule has 1 saturated carbocycles. The van der Waals surface area contributed by atoms with Gasteiger partial charge < -0.3 is 14.0 Å². The molecular weight excluding hydrogens is 393 g/mol. The second kappa shape index (κ2) is 8.08. The van der Waals surface area contributed by atoms with Gasteiger partial charge in [0, 0.05) is 34.6 Å². The van der Waals surface area contributed by atoms with Gasteiger partial charge in [-0.2, -0.15) is 0 Å². The van der Waals surface area contributed by atoms with Crippen molar-refractivity contribution in [2.45, 2.75) is 52.7 Å². The first-order valence-corrected chi connectivity index (χ1v) is 11.1. The van der Waals surface area contributed by atoms with Gasteiger partial charge in [-0.15, -0.1) is 0 Å². The summed E-state index contributed by atoms with van der Waals surface area (Å²) in [5, 5.41) is 0. The molecule has 162 valence electrons. The molecule has 0 N–H and O–H groups in total. The first-order chi connectivity index (χ1) is 15.0. The van der Waals surface area contributed by atoms with Crippen LogP contribution in [0.1, 0.15) is 36.8 Å². The summed E-state index contributed by atoms with van der Waals surface area (Å²) in [7, 11) is 0. The molecule has 31 heavy (non-hydrogen) atoms. The highest BCUT2D eigenvalue weighted by molar-refractivity contribution is 5.69. The molecule has 3 aromatic rings. The number of nitrogens with zero attached hydrogens (tertiary/aromatic N) is 3. The Balaban J connectivity index is 1.61. The van der Waals surface area contributed by atoms with E-state index in [4.69, 9.17) is 14.5 Å². The van der Waals surface area contributed by atoms with Crippen molar-refractivity contribution in [1.82, 2.24) is 14.5 Å². The maximum Gasteiger partial charge on any atom is 0.165 e. The molecule has 5 nitrogen and oxygen atoms in total. The Morgan fingerprint density at radius 3 is 2.61 bits per heavy atom. The molecule has 1 aliphatic heterocycles. The number of hydrogen-bond acceptors (Lipinski definition) is 4. The number of halogens is 1. The van der Waals surface area contributed by atoms with Crippen LogP contribution in [0.2, 0.25) is 0 Å². The highest BCUT2D eigenvalue weighted by atomic mass is 19.1. The molecule has 3 heterocycles. The van der Waals surface area contributed by atoms with E-state index in [0.717, 1.165) is 46.1 Å². The molecule has 1 atom stereocenters. The normalized spacial score (nSPS) is 18.5. The third-order valence-electron chi connectivity index (χ3n) is 5.97. The highest BCUT2D eigenvalue weighted by Crippen LogP contribution is 2.35. The van der Waals surface area contributed by atoms with Crippen LogP contribution in [0, 0.1) is 25.6 Å². The van der Waals surface area contributed by atoms with Crippen LogP contribution in [-0.4, -0.2) is 33.9 Å². The first kappa shape index (κ1) is 20.2. The summed E-state index contributed by atoms with van der Waals surface area (Å²) in [6.45, 7) is 8.01. The van der Waals surface area contributed by atoms with E-state index in [1.807, 2.05) is 13.8 Å². The van der Waals surface area contributed by atoms with Gasteiger partial charge in [0.25, 0.3) is 0 Å². The van der Waals surface area contributed by atoms with Crippen LogP contribution in [0.15, 0.2) is 30.3 Å². The topological polar surface area (TPSA) is 49.2 Å². The number of rotatable bonds is 5. The van der Waals surface area contributed by atoms with Crippen molar-refractivity contribution in [2.24, 2.45) is 5.92 Å². The molecule has 5 rings (SSSR count). The van der Waals surface area contributed by atoms with E-state index in [-0.39, 0.29) is 11.9 Å². The lowest BCUT2D eigenvalue weighted by molar-refractivity contribution is 0.0666. The van der Waals surface area contributed by atoms with Crippen molar-refractivity contribution >= 4 is 0 Å². The number of aryl methyl sites for hydroxylation is 2. The van der Waals surface area contributed by atoms with Gasteiger partial charge in [-0.25, -0.2) is 9.37 Å². The van der Waals surface area contributed by atoms with E-state index in [1.165, 1.54) is 18.9 Å². The molecule has 1 unspecified atom stereocenters. The fourth-order valence-electron chi connectivity index (χ4n) is 4.27. The average molecular weight is 422 g/mol. The van der Waals surface area contributed by atoms with Crippen molar-refractivity contribution in [3.05, 3.63) is 53.2 Å². The number of ether oxygens (including phenoxy) is 2. The van der Waals surface area contributed by atoms with E-state index in [2.05, 4.69) is 28.6 Å². The fourth-order valence-corrected chi connectivity index (χ4v) is 4.27. The second-order valence-corrected chi connectivity index (χ2v) is 8.81. The van der Waals surface area contributed by atoms with E-state index in [1.54, 1.807) is 12.1 Å². The van der Waals surface area contributed by atoms with E-state index in [9.17, 15) is 4.39 Å². The van der Waals surface area contributed by atoms with Crippen molar-refractivity contribution in [2.75, 3.05) is 13.2 Å². The average Bonchev–Trinajstić information content (AvgIpc) is 3.51. The summed E-state index contributed by atoms with van der Waals surface area (Å²) in [5.41, 5.74) is 5.95. The maximum atomic E-state index is 14.4. The number of benzene rings is 1. The lowest BCUT2D eigenvalue weighted by atomic mass is 10.1. The van der Waals surface area contributed by atoms with E-state index < -0.39 is 0 Å². The molecule has 0 saturated heterocycles. The zero-order valence-corrected chi connectivity index (χ0v) is 18.3. The van der Waals surface area contributed by atoms with Gasteiger partial charge in [0.05, 0.1) is 31.6 Å². The number of hydrogen-bond donors (Lipinski definition) is 0. The Morgan fingerprint density at radius 1 is 1.10 bits per heavy atom. The van der Waals surface area contributed by atoms with Crippen LogP contribution in [0.25, 0.3) is 22.6 Å². The van der Waals surface area contributed by atoms with Crippen molar-refractivity contribution in [3.63, 3.8) is 0 Å². The molecule has 1 aromatic carbocycles. The molecule has 1 aliphatic carbocycles. The Kier molecular flexibility index (Phi) is 5.26. The number of fused-ring (bicyclic) bond motifs is 1. The van der Waals surface area contributed by atoms with Crippen molar-refractivity contribution < 1.29 is 13.9 Å². The van der Waals surface area contributed by atoms with Crippen LogP contribution in [-0.2, 0) is 17.7 Å². The summed E-state index contributed by atoms with van der Waals surface area (Å²) >= 11 is 0. The van der Waals surface area contributed by atoms with Gasteiger partial charge in [0.2, 0.25) is 0 Å². The molecule has 6 heteroatoms. The van der Waals surface area contributed by atoms with Gasteiger partial charge in [-0.3, -0.25) is 4.98 Å². The SMILES string of the molecule is Cc1cc(-c2nc(-c3ccc(F)c(OCC4CC4)c3)n3c2CCOC(C)C3)cc(C)n1. The van der Waals surface area contributed by atoms with Gasteiger partial charge in [-0.05, 0) is 69.9 Å². The Bertz CT molecular complexity index is 1100. The quantitative estimate of drug-likeness (QED) is 0.574. The Hall–Kier alpha value is -2.73. The van der Waals surface area contributed by atoms with Crippen LogP contribution in [0.3, 0.4) is 0 Å². The van der Waals surface area contributed by atoms with Gasteiger partial charge in [0.15, 0.2) is 11.6 Å². The summed E-state index contributed by atoms with van der Waals surface area (Å²) in [6, 6.07) is 9.21. The van der Waals surface area contributed by atoms with Gasteiger partial charge >= 0.3 is 0 Å². The lowest BCUT2D eigenvalue weighted by Crippen LogP contribution is -2.15. The first-order valence-electron chi connectivity index (χ1n) is 11.1. The van der Waals surface area contributed by atoms with Crippen LogP contribution in [0.4, 0.5) is 4.39 Å². The Labute approximate surface area is 182 Å². The zero-order valence-electron chi connectivity index (χ0n) is 18.3. The Morgan fingerprint density at radius 2 is 1.87 bits per heavy atom. The minimum absolute atomic E-state index is 0.0778. The minimum Gasteiger partial charge on any atom is -0.490 e. The second-order valence-electron chi connectivity index (χ2n) is 8.81. The molecule has 2 aromatic heterocycles. The largest absolute Gasteiger partial charge is 0.490 e. The number of aromatic nitrogens is 3. The molecule has 0 radical (unpaired) electrons. The summed E-state index contributed by atoms with van der Waals surface area (Å²) < 4.78 is 28.4. The standard InChI is InChI=1S/C25H28FN3O2/c1-15-10-20(11-16(2)27-15)24-22-8-9-30-17(3)13-29(22)25(28-24)19-6-7-21(26)23(12-19)31-14-18-4-5-18/h6-7,10-12,17-18H,4-5,8-9,13-14H2,1-3H3. The summed E-state index contributed by atoms with van der Waals surface area (Å²) in [6.07, 6.45) is 3.19.